The number of thiophene rings is 1. The highest BCUT2D eigenvalue weighted by Gasteiger charge is 2.26. The first kappa shape index (κ1) is 18.7. The van der Waals surface area contributed by atoms with Crippen LogP contribution in [0.1, 0.15) is 24.5 Å². The maximum Gasteiger partial charge on any atom is 0.250 e. The Morgan fingerprint density at radius 1 is 1.22 bits per heavy atom. The molecule has 146 valence electrons. The summed E-state index contributed by atoms with van der Waals surface area (Å²) in [5, 5.41) is 12.3. The van der Waals surface area contributed by atoms with Crippen LogP contribution < -0.4 is 14.2 Å². The van der Waals surface area contributed by atoms with Crippen LogP contribution in [-0.2, 0) is 10.0 Å². The number of fused-ring (bicyclic) bond motifs is 1. The van der Waals surface area contributed by atoms with Crippen LogP contribution in [0.3, 0.4) is 0 Å². The van der Waals surface area contributed by atoms with Gasteiger partial charge in [0.1, 0.15) is 4.21 Å². The molecule has 0 aliphatic carbocycles. The lowest BCUT2D eigenvalue weighted by atomic mass is 10.0. The van der Waals surface area contributed by atoms with Gasteiger partial charge in [0.05, 0.1) is 6.10 Å². The van der Waals surface area contributed by atoms with Gasteiger partial charge in [0.25, 0.3) is 0 Å². The average molecular weight is 411 g/mol. The van der Waals surface area contributed by atoms with E-state index in [1.807, 2.05) is 18.2 Å². The van der Waals surface area contributed by atoms with Gasteiger partial charge < -0.3 is 19.5 Å². The van der Waals surface area contributed by atoms with Crippen molar-refractivity contribution in [2.24, 2.45) is 0 Å². The third kappa shape index (κ3) is 4.27. The van der Waals surface area contributed by atoms with Gasteiger partial charge in [-0.25, -0.2) is 13.1 Å². The molecule has 1 atom stereocenters. The van der Waals surface area contributed by atoms with Crippen molar-refractivity contribution < 1.29 is 23.0 Å². The number of hydrogen-bond donors (Lipinski definition) is 2. The van der Waals surface area contributed by atoms with Crippen molar-refractivity contribution in [1.29, 1.82) is 0 Å². The standard InChI is InChI=1S/C18H22N2O5S2/c21-15(13-3-4-16-17(10-13)25-12-24-16)11-20-7-5-14(6-8-20)19-27(22,23)18-2-1-9-26-18/h1-4,9-10,14-15,19,21H,5-8,11-12H2. The number of likely N-dealkylation sites (tertiary alicyclic amines) is 1. The fraction of sp³-hybridized carbons (Fsp3) is 0.444. The molecule has 7 nitrogen and oxygen atoms in total. The summed E-state index contributed by atoms with van der Waals surface area (Å²) >= 11 is 1.22. The number of ether oxygens (including phenoxy) is 2. The summed E-state index contributed by atoms with van der Waals surface area (Å²) in [4.78, 5) is 2.16. The number of aliphatic hydroxyl groups is 1. The van der Waals surface area contributed by atoms with Crippen LogP contribution in [0.5, 0.6) is 11.5 Å². The number of benzene rings is 1. The Balaban J connectivity index is 1.29. The SMILES string of the molecule is O=S(=O)(NC1CCN(CC(O)c2ccc3c(c2)OCO3)CC1)c1cccs1. The molecule has 9 heteroatoms. The van der Waals surface area contributed by atoms with Crippen molar-refractivity contribution in [2.75, 3.05) is 26.4 Å². The Morgan fingerprint density at radius 3 is 2.74 bits per heavy atom. The van der Waals surface area contributed by atoms with Gasteiger partial charge in [-0.1, -0.05) is 12.1 Å². The maximum absolute atomic E-state index is 12.3. The minimum atomic E-state index is -3.43. The first-order chi connectivity index (χ1) is 13.0. The van der Waals surface area contributed by atoms with Crippen LogP contribution in [-0.4, -0.2) is 50.9 Å². The zero-order valence-corrected chi connectivity index (χ0v) is 16.3. The molecular weight excluding hydrogens is 388 g/mol. The molecule has 0 saturated carbocycles. The Hall–Kier alpha value is -1.65. The highest BCUT2D eigenvalue weighted by atomic mass is 32.2. The zero-order chi connectivity index (χ0) is 18.9. The molecule has 1 aromatic carbocycles. The molecule has 2 aromatic rings. The number of piperidine rings is 1. The Kier molecular flexibility index (Phi) is 5.38. The summed E-state index contributed by atoms with van der Waals surface area (Å²) in [5.74, 6) is 1.36. The lowest BCUT2D eigenvalue weighted by Crippen LogP contribution is -2.45. The second-order valence-electron chi connectivity index (χ2n) is 6.76. The summed E-state index contributed by atoms with van der Waals surface area (Å²) in [5.41, 5.74) is 0.791. The molecule has 2 aliphatic heterocycles. The number of aliphatic hydroxyl groups excluding tert-OH is 1. The molecule has 4 rings (SSSR count). The van der Waals surface area contributed by atoms with Crippen molar-refractivity contribution in [3.05, 3.63) is 41.3 Å². The Labute approximate surface area is 162 Å². The normalized spacial score (nSPS) is 19.3. The zero-order valence-electron chi connectivity index (χ0n) is 14.7. The van der Waals surface area contributed by atoms with Crippen molar-refractivity contribution in [3.8, 4) is 11.5 Å². The number of nitrogens with zero attached hydrogens (tertiary/aromatic N) is 1. The van der Waals surface area contributed by atoms with Crippen LogP contribution >= 0.6 is 11.3 Å². The fourth-order valence-corrected chi connectivity index (χ4v) is 5.71. The van der Waals surface area contributed by atoms with Crippen LogP contribution in [0.4, 0.5) is 0 Å². The van der Waals surface area contributed by atoms with Gasteiger partial charge in [-0.3, -0.25) is 0 Å². The van der Waals surface area contributed by atoms with Crippen molar-refractivity contribution in [2.45, 2.75) is 29.2 Å². The lowest BCUT2D eigenvalue weighted by molar-refractivity contribution is 0.0961. The van der Waals surface area contributed by atoms with Gasteiger partial charge >= 0.3 is 0 Å². The molecule has 2 aliphatic rings. The maximum atomic E-state index is 12.3. The van der Waals surface area contributed by atoms with E-state index in [1.165, 1.54) is 11.3 Å². The van der Waals surface area contributed by atoms with Gasteiger partial charge in [-0.05, 0) is 55.1 Å². The van der Waals surface area contributed by atoms with E-state index in [9.17, 15) is 13.5 Å². The molecular formula is C18H22N2O5S2. The highest BCUT2D eigenvalue weighted by molar-refractivity contribution is 7.91. The molecule has 1 unspecified atom stereocenters. The number of β-amino-alcohol motifs (C(OH)–C–C–N with tert-alkyl or cyclic N) is 1. The van der Waals surface area contributed by atoms with E-state index >= 15 is 0 Å². The third-order valence-electron chi connectivity index (χ3n) is 4.88. The van der Waals surface area contributed by atoms with Gasteiger partial charge in [-0.15, -0.1) is 11.3 Å². The van der Waals surface area contributed by atoms with Crippen molar-refractivity contribution in [3.63, 3.8) is 0 Å². The number of hydrogen-bond acceptors (Lipinski definition) is 7. The monoisotopic (exact) mass is 410 g/mol. The van der Waals surface area contributed by atoms with E-state index in [0.29, 0.717) is 22.3 Å². The third-order valence-corrected chi connectivity index (χ3v) is 7.80. The second kappa shape index (κ2) is 7.76. The van der Waals surface area contributed by atoms with Crippen LogP contribution in [0.15, 0.2) is 39.9 Å². The first-order valence-electron chi connectivity index (χ1n) is 8.87. The summed E-state index contributed by atoms with van der Waals surface area (Å²) in [7, 11) is -3.43. The molecule has 1 fully saturated rings. The molecule has 0 bridgehead atoms. The van der Waals surface area contributed by atoms with E-state index in [0.717, 1.165) is 31.5 Å². The Bertz CT molecular complexity index is 877. The predicted molar refractivity (Wildman–Crippen MR) is 102 cm³/mol. The first-order valence-corrected chi connectivity index (χ1v) is 11.2. The van der Waals surface area contributed by atoms with Gasteiger partial charge in [0, 0.05) is 12.6 Å². The quantitative estimate of drug-likeness (QED) is 0.757. The Morgan fingerprint density at radius 2 is 2.00 bits per heavy atom. The minimum Gasteiger partial charge on any atom is -0.454 e. The molecule has 27 heavy (non-hydrogen) atoms. The minimum absolute atomic E-state index is 0.0731. The molecule has 2 N–H and O–H groups in total. The van der Waals surface area contributed by atoms with Gasteiger partial charge in [0.15, 0.2) is 11.5 Å². The highest BCUT2D eigenvalue weighted by Crippen LogP contribution is 2.34. The largest absolute Gasteiger partial charge is 0.454 e. The number of nitrogens with one attached hydrogen (secondary N) is 1. The smallest absolute Gasteiger partial charge is 0.250 e. The number of sulfonamides is 1. The van der Waals surface area contributed by atoms with E-state index in [4.69, 9.17) is 9.47 Å². The second-order valence-corrected chi connectivity index (χ2v) is 9.65. The fourth-order valence-electron chi connectivity index (χ4n) is 3.40. The van der Waals surface area contributed by atoms with Gasteiger partial charge in [-0.2, -0.15) is 0 Å². The van der Waals surface area contributed by atoms with Gasteiger partial charge in [0.2, 0.25) is 16.8 Å². The summed E-state index contributed by atoms with van der Waals surface area (Å²) in [6.45, 7) is 2.19. The van der Waals surface area contributed by atoms with Crippen LogP contribution in [0.2, 0.25) is 0 Å². The molecule has 0 amide bonds. The topological polar surface area (TPSA) is 88.1 Å². The summed E-state index contributed by atoms with van der Waals surface area (Å²) in [6.07, 6.45) is 0.815. The predicted octanol–water partition coefficient (Wildman–Crippen LogP) is 1.95. The van der Waals surface area contributed by atoms with E-state index in [2.05, 4.69) is 9.62 Å². The van der Waals surface area contributed by atoms with Crippen LogP contribution in [0, 0.1) is 0 Å². The summed E-state index contributed by atoms with van der Waals surface area (Å²) in [6, 6.07) is 8.75. The lowest BCUT2D eigenvalue weighted by Gasteiger charge is -2.33. The summed E-state index contributed by atoms with van der Waals surface area (Å²) < 4.78 is 38.4. The van der Waals surface area contributed by atoms with E-state index < -0.39 is 16.1 Å². The molecule has 1 saturated heterocycles. The molecule has 3 heterocycles. The average Bonchev–Trinajstić information content (AvgIpc) is 3.34. The molecule has 0 spiro atoms. The number of rotatable bonds is 6. The molecule has 0 radical (unpaired) electrons. The van der Waals surface area contributed by atoms with E-state index in [1.54, 1.807) is 17.5 Å². The van der Waals surface area contributed by atoms with Crippen molar-refractivity contribution >= 4 is 21.4 Å². The molecule has 1 aromatic heterocycles. The van der Waals surface area contributed by atoms with E-state index in [-0.39, 0.29) is 12.8 Å². The van der Waals surface area contributed by atoms with Crippen molar-refractivity contribution in [1.82, 2.24) is 9.62 Å². The van der Waals surface area contributed by atoms with Crippen LogP contribution in [0.25, 0.3) is 0 Å².